The van der Waals surface area contributed by atoms with Gasteiger partial charge in [-0.15, -0.1) is 0 Å². The fourth-order valence-corrected chi connectivity index (χ4v) is 2.03. The molecule has 0 amide bonds. The van der Waals surface area contributed by atoms with Gasteiger partial charge >= 0.3 is 0 Å². The molecule has 1 fully saturated rings. The Morgan fingerprint density at radius 2 is 1.95 bits per heavy atom. The molecule has 8 heteroatoms. The Morgan fingerprint density at radius 3 is 2.71 bits per heavy atom. The second-order valence-corrected chi connectivity index (χ2v) is 4.71. The SMILES string of the molecule is Cc1cc(NCC2NNNN2)nc(-c2ccccc2O)n1. The van der Waals surface area contributed by atoms with Crippen LogP contribution in [0.5, 0.6) is 5.75 Å². The Balaban J connectivity index is 1.81. The molecule has 0 radical (unpaired) electrons. The van der Waals surface area contributed by atoms with E-state index in [1.807, 2.05) is 19.1 Å². The number of phenols is 1. The van der Waals surface area contributed by atoms with Gasteiger partial charge in [-0.2, -0.15) is 11.1 Å². The van der Waals surface area contributed by atoms with Gasteiger partial charge in [0.25, 0.3) is 0 Å². The number of rotatable bonds is 4. The number of aromatic nitrogens is 2. The van der Waals surface area contributed by atoms with E-state index in [-0.39, 0.29) is 11.9 Å². The molecule has 0 bridgehead atoms. The summed E-state index contributed by atoms with van der Waals surface area (Å²) in [6.45, 7) is 2.52. The third-order valence-electron chi connectivity index (χ3n) is 3.04. The number of nitrogens with one attached hydrogen (secondary N) is 5. The van der Waals surface area contributed by atoms with Crippen molar-refractivity contribution in [2.45, 2.75) is 13.1 Å². The Bertz CT molecular complexity index is 628. The standard InChI is InChI=1S/C13H17N7O/c1-8-6-11(14-7-12-17-19-20-18-12)16-13(15-8)9-4-2-3-5-10(9)21/h2-6,12,17-21H,7H2,1H3,(H,14,15,16). The van der Waals surface area contributed by atoms with Crippen molar-refractivity contribution >= 4 is 5.82 Å². The number of anilines is 1. The van der Waals surface area contributed by atoms with Crippen molar-refractivity contribution in [2.75, 3.05) is 11.9 Å². The fourth-order valence-electron chi connectivity index (χ4n) is 2.03. The van der Waals surface area contributed by atoms with Crippen molar-refractivity contribution in [3.8, 4) is 17.1 Å². The minimum atomic E-state index is 0.0360. The first-order valence-electron chi connectivity index (χ1n) is 6.61. The first kappa shape index (κ1) is 13.7. The van der Waals surface area contributed by atoms with Crippen LogP contribution in [0.4, 0.5) is 5.82 Å². The highest BCUT2D eigenvalue weighted by Gasteiger charge is 2.13. The Hall–Kier alpha value is -2.26. The van der Waals surface area contributed by atoms with Gasteiger partial charge in [-0.05, 0) is 19.1 Å². The monoisotopic (exact) mass is 287 g/mol. The molecule has 8 nitrogen and oxygen atoms in total. The van der Waals surface area contributed by atoms with Crippen LogP contribution in [0, 0.1) is 6.92 Å². The van der Waals surface area contributed by atoms with Crippen LogP contribution in [0.3, 0.4) is 0 Å². The van der Waals surface area contributed by atoms with Gasteiger partial charge in [-0.25, -0.2) is 20.8 Å². The molecule has 0 atom stereocenters. The van der Waals surface area contributed by atoms with Crippen LogP contribution < -0.4 is 27.2 Å². The Kier molecular flexibility index (Phi) is 3.93. The second kappa shape index (κ2) is 6.02. The van der Waals surface area contributed by atoms with E-state index in [4.69, 9.17) is 0 Å². The Morgan fingerprint density at radius 1 is 1.19 bits per heavy atom. The summed E-state index contributed by atoms with van der Waals surface area (Å²) in [5.74, 6) is 1.37. The normalized spacial score (nSPS) is 15.3. The van der Waals surface area contributed by atoms with E-state index in [1.165, 1.54) is 0 Å². The van der Waals surface area contributed by atoms with Gasteiger partial charge in [0.05, 0.1) is 5.56 Å². The van der Waals surface area contributed by atoms with Crippen molar-refractivity contribution in [1.82, 2.24) is 31.9 Å². The van der Waals surface area contributed by atoms with Gasteiger partial charge < -0.3 is 10.4 Å². The molecule has 1 aliphatic heterocycles. The molecule has 21 heavy (non-hydrogen) atoms. The molecule has 110 valence electrons. The van der Waals surface area contributed by atoms with Crippen LogP contribution in [-0.4, -0.2) is 27.8 Å². The third kappa shape index (κ3) is 3.26. The van der Waals surface area contributed by atoms with Gasteiger partial charge in [0.1, 0.15) is 17.7 Å². The predicted molar refractivity (Wildman–Crippen MR) is 78.7 cm³/mol. The lowest BCUT2D eigenvalue weighted by molar-refractivity contribution is 0.477. The maximum atomic E-state index is 9.91. The average Bonchev–Trinajstić information content (AvgIpc) is 2.98. The summed E-state index contributed by atoms with van der Waals surface area (Å²) in [6.07, 6.45) is 0.0360. The van der Waals surface area contributed by atoms with Crippen molar-refractivity contribution < 1.29 is 5.11 Å². The van der Waals surface area contributed by atoms with Gasteiger partial charge in [0.2, 0.25) is 0 Å². The number of benzene rings is 1. The van der Waals surface area contributed by atoms with E-state index < -0.39 is 0 Å². The number of hydrogen-bond donors (Lipinski definition) is 6. The van der Waals surface area contributed by atoms with Gasteiger partial charge in [0, 0.05) is 18.3 Å². The number of para-hydroxylation sites is 1. The Labute approximate surface area is 121 Å². The number of nitrogens with zero attached hydrogens (tertiary/aromatic N) is 2. The highest BCUT2D eigenvalue weighted by molar-refractivity contribution is 5.64. The topological polar surface area (TPSA) is 106 Å². The lowest BCUT2D eigenvalue weighted by atomic mass is 10.2. The van der Waals surface area contributed by atoms with E-state index in [0.29, 0.717) is 23.8 Å². The van der Waals surface area contributed by atoms with E-state index in [9.17, 15) is 5.11 Å². The fraction of sp³-hybridized carbons (Fsp3) is 0.231. The van der Waals surface area contributed by atoms with Gasteiger partial charge in [0.15, 0.2) is 5.82 Å². The summed E-state index contributed by atoms with van der Waals surface area (Å²) in [5, 5.41) is 13.1. The average molecular weight is 287 g/mol. The van der Waals surface area contributed by atoms with Crippen molar-refractivity contribution in [3.05, 3.63) is 36.0 Å². The minimum absolute atomic E-state index is 0.0360. The summed E-state index contributed by atoms with van der Waals surface area (Å²) >= 11 is 0. The van der Waals surface area contributed by atoms with E-state index in [1.54, 1.807) is 18.2 Å². The number of phenolic OH excluding ortho intramolecular Hbond substituents is 1. The zero-order chi connectivity index (χ0) is 14.7. The summed E-state index contributed by atoms with van der Waals surface area (Å²) < 4.78 is 0. The lowest BCUT2D eigenvalue weighted by Crippen LogP contribution is -2.40. The minimum Gasteiger partial charge on any atom is -0.507 e. The second-order valence-electron chi connectivity index (χ2n) is 4.71. The lowest BCUT2D eigenvalue weighted by Gasteiger charge is -2.12. The zero-order valence-corrected chi connectivity index (χ0v) is 11.5. The molecule has 2 heterocycles. The molecule has 0 aliphatic carbocycles. The van der Waals surface area contributed by atoms with Crippen molar-refractivity contribution in [3.63, 3.8) is 0 Å². The van der Waals surface area contributed by atoms with Crippen LogP contribution in [0.15, 0.2) is 30.3 Å². The van der Waals surface area contributed by atoms with E-state index in [0.717, 1.165) is 5.69 Å². The molecule has 0 spiro atoms. The molecule has 1 aromatic heterocycles. The molecule has 0 unspecified atom stereocenters. The summed E-state index contributed by atoms with van der Waals surface area (Å²) in [6, 6.07) is 8.89. The number of aryl methyl sites for hydroxylation is 1. The predicted octanol–water partition coefficient (Wildman–Crippen LogP) is 0.0126. The van der Waals surface area contributed by atoms with E-state index >= 15 is 0 Å². The van der Waals surface area contributed by atoms with E-state index in [2.05, 4.69) is 37.2 Å². The molecule has 1 aromatic carbocycles. The van der Waals surface area contributed by atoms with Crippen LogP contribution in [0.2, 0.25) is 0 Å². The molecule has 2 aromatic rings. The number of aromatic hydroxyl groups is 1. The molecule has 1 aliphatic rings. The number of hydrogen-bond acceptors (Lipinski definition) is 8. The maximum Gasteiger partial charge on any atom is 0.165 e. The van der Waals surface area contributed by atoms with Gasteiger partial charge in [-0.1, -0.05) is 12.1 Å². The van der Waals surface area contributed by atoms with Crippen LogP contribution >= 0.6 is 0 Å². The molecular weight excluding hydrogens is 270 g/mol. The smallest absolute Gasteiger partial charge is 0.165 e. The first-order chi connectivity index (χ1) is 10.2. The van der Waals surface area contributed by atoms with Crippen molar-refractivity contribution in [2.24, 2.45) is 0 Å². The van der Waals surface area contributed by atoms with Crippen LogP contribution in [0.1, 0.15) is 5.69 Å². The molecule has 6 N–H and O–H groups in total. The number of hydrazine groups is 3. The highest BCUT2D eigenvalue weighted by atomic mass is 16.3. The molecular formula is C13H17N7O. The molecule has 1 saturated heterocycles. The first-order valence-corrected chi connectivity index (χ1v) is 6.61. The molecule has 3 rings (SSSR count). The summed E-state index contributed by atoms with van der Waals surface area (Å²) in [5.41, 5.74) is 12.9. The van der Waals surface area contributed by atoms with Crippen molar-refractivity contribution in [1.29, 1.82) is 0 Å². The largest absolute Gasteiger partial charge is 0.507 e. The zero-order valence-electron chi connectivity index (χ0n) is 11.5. The quantitative estimate of drug-likeness (QED) is 0.467. The summed E-state index contributed by atoms with van der Waals surface area (Å²) in [4.78, 5) is 8.82. The van der Waals surface area contributed by atoms with Crippen LogP contribution in [0.25, 0.3) is 11.4 Å². The third-order valence-corrected chi connectivity index (χ3v) is 3.04. The maximum absolute atomic E-state index is 9.91. The highest BCUT2D eigenvalue weighted by Crippen LogP contribution is 2.26. The summed E-state index contributed by atoms with van der Waals surface area (Å²) in [7, 11) is 0. The molecule has 0 saturated carbocycles. The van der Waals surface area contributed by atoms with Crippen LogP contribution in [-0.2, 0) is 0 Å². The van der Waals surface area contributed by atoms with Gasteiger partial charge in [-0.3, -0.25) is 0 Å².